The second kappa shape index (κ2) is 5.82. The van der Waals surface area contributed by atoms with E-state index in [-0.39, 0.29) is 5.69 Å². The van der Waals surface area contributed by atoms with Crippen molar-refractivity contribution >= 4 is 11.8 Å². The predicted octanol–water partition coefficient (Wildman–Crippen LogP) is 1.68. The standard InChI is InChI=1S/C13H19N3O2/c1-2-16-8-4-5-10(9-16)14-12-7-3-6-11(15-12)13(17)18/h3,6-7,10H,2,4-5,8-9H2,1H3,(H,14,15)(H,17,18). The first-order chi connectivity index (χ1) is 8.69. The molecule has 0 radical (unpaired) electrons. The zero-order valence-electron chi connectivity index (χ0n) is 10.6. The van der Waals surface area contributed by atoms with Crippen molar-refractivity contribution in [1.82, 2.24) is 9.88 Å². The molecule has 0 saturated carbocycles. The molecule has 1 atom stereocenters. The van der Waals surface area contributed by atoms with E-state index in [1.54, 1.807) is 6.07 Å². The third-order valence-corrected chi connectivity index (χ3v) is 3.27. The van der Waals surface area contributed by atoms with Gasteiger partial charge in [-0.2, -0.15) is 0 Å². The van der Waals surface area contributed by atoms with Crippen molar-refractivity contribution in [2.75, 3.05) is 25.0 Å². The molecule has 0 spiro atoms. The maximum atomic E-state index is 10.8. The van der Waals surface area contributed by atoms with E-state index in [4.69, 9.17) is 5.11 Å². The van der Waals surface area contributed by atoms with Gasteiger partial charge in [-0.3, -0.25) is 0 Å². The predicted molar refractivity (Wildman–Crippen MR) is 70.0 cm³/mol. The zero-order valence-corrected chi connectivity index (χ0v) is 10.6. The lowest BCUT2D eigenvalue weighted by Gasteiger charge is -2.32. The summed E-state index contributed by atoms with van der Waals surface area (Å²) in [5, 5.41) is 12.2. The number of aromatic carboxylic acids is 1. The molecule has 1 unspecified atom stereocenters. The van der Waals surface area contributed by atoms with Gasteiger partial charge in [0.05, 0.1) is 0 Å². The zero-order chi connectivity index (χ0) is 13.0. The molecule has 0 bridgehead atoms. The van der Waals surface area contributed by atoms with Gasteiger partial charge in [0.15, 0.2) is 5.69 Å². The SMILES string of the molecule is CCN1CCCC(Nc2cccc(C(=O)O)n2)C1. The Morgan fingerprint density at radius 3 is 3.17 bits per heavy atom. The highest BCUT2D eigenvalue weighted by Crippen LogP contribution is 2.14. The summed E-state index contributed by atoms with van der Waals surface area (Å²) in [6.07, 6.45) is 2.28. The van der Waals surface area contributed by atoms with E-state index in [0.717, 1.165) is 26.1 Å². The van der Waals surface area contributed by atoms with Crippen LogP contribution in [0.4, 0.5) is 5.82 Å². The molecule has 0 aromatic carbocycles. The molecule has 1 saturated heterocycles. The fourth-order valence-corrected chi connectivity index (χ4v) is 2.30. The third-order valence-electron chi connectivity index (χ3n) is 3.27. The molecule has 98 valence electrons. The number of pyridine rings is 1. The van der Waals surface area contributed by atoms with Gasteiger partial charge in [0.1, 0.15) is 5.82 Å². The van der Waals surface area contributed by atoms with Crippen LogP contribution in [-0.2, 0) is 0 Å². The summed E-state index contributed by atoms with van der Waals surface area (Å²) in [6.45, 7) is 5.36. The summed E-state index contributed by atoms with van der Waals surface area (Å²) < 4.78 is 0. The van der Waals surface area contributed by atoms with Gasteiger partial charge in [0.25, 0.3) is 0 Å². The Hall–Kier alpha value is -1.62. The number of carboxylic acid groups (broad SMARTS) is 1. The quantitative estimate of drug-likeness (QED) is 0.850. The van der Waals surface area contributed by atoms with Crippen LogP contribution in [0.25, 0.3) is 0 Å². The Morgan fingerprint density at radius 1 is 1.61 bits per heavy atom. The van der Waals surface area contributed by atoms with Gasteiger partial charge < -0.3 is 15.3 Å². The largest absolute Gasteiger partial charge is 0.477 e. The molecule has 2 N–H and O–H groups in total. The summed E-state index contributed by atoms with van der Waals surface area (Å²) in [5.41, 5.74) is 0.0863. The summed E-state index contributed by atoms with van der Waals surface area (Å²) in [5.74, 6) is -0.338. The van der Waals surface area contributed by atoms with Crippen molar-refractivity contribution in [3.8, 4) is 0 Å². The van der Waals surface area contributed by atoms with E-state index in [1.165, 1.54) is 12.5 Å². The van der Waals surface area contributed by atoms with E-state index in [9.17, 15) is 4.79 Å². The number of likely N-dealkylation sites (tertiary alicyclic amines) is 1. The number of carbonyl (C=O) groups is 1. The molecule has 1 aliphatic rings. The van der Waals surface area contributed by atoms with Crippen LogP contribution in [0.5, 0.6) is 0 Å². The minimum absolute atomic E-state index is 0.0863. The number of likely N-dealkylation sites (N-methyl/N-ethyl adjacent to an activating group) is 1. The highest BCUT2D eigenvalue weighted by molar-refractivity contribution is 5.85. The highest BCUT2D eigenvalue weighted by Gasteiger charge is 2.18. The summed E-state index contributed by atoms with van der Waals surface area (Å²) >= 11 is 0. The topological polar surface area (TPSA) is 65.5 Å². The lowest BCUT2D eigenvalue weighted by molar-refractivity contribution is 0.0690. The second-order valence-corrected chi connectivity index (χ2v) is 4.59. The summed E-state index contributed by atoms with van der Waals surface area (Å²) in [7, 11) is 0. The Balaban J connectivity index is 2.00. The normalized spacial score (nSPS) is 20.6. The smallest absolute Gasteiger partial charge is 0.354 e. The van der Waals surface area contributed by atoms with Gasteiger partial charge in [-0.15, -0.1) is 0 Å². The Bertz CT molecular complexity index is 422. The molecule has 5 nitrogen and oxygen atoms in total. The number of rotatable bonds is 4. The summed E-state index contributed by atoms with van der Waals surface area (Å²) in [4.78, 5) is 17.3. The van der Waals surface area contributed by atoms with E-state index in [2.05, 4.69) is 22.1 Å². The molecule has 1 fully saturated rings. The fraction of sp³-hybridized carbons (Fsp3) is 0.538. The Kier molecular flexibility index (Phi) is 4.15. The van der Waals surface area contributed by atoms with Gasteiger partial charge in [0, 0.05) is 12.6 Å². The van der Waals surface area contributed by atoms with Crippen molar-refractivity contribution in [3.63, 3.8) is 0 Å². The minimum atomic E-state index is -0.988. The number of nitrogens with zero attached hydrogens (tertiary/aromatic N) is 2. The first-order valence-corrected chi connectivity index (χ1v) is 6.38. The molecule has 18 heavy (non-hydrogen) atoms. The maximum Gasteiger partial charge on any atom is 0.354 e. The molecular formula is C13H19N3O2. The van der Waals surface area contributed by atoms with Crippen LogP contribution in [0.15, 0.2) is 18.2 Å². The lowest BCUT2D eigenvalue weighted by Crippen LogP contribution is -2.42. The lowest BCUT2D eigenvalue weighted by atomic mass is 10.1. The molecule has 1 aromatic heterocycles. The van der Waals surface area contributed by atoms with Crippen molar-refractivity contribution in [2.24, 2.45) is 0 Å². The van der Waals surface area contributed by atoms with Crippen molar-refractivity contribution < 1.29 is 9.90 Å². The summed E-state index contributed by atoms with van der Waals surface area (Å²) in [6, 6.07) is 5.40. The Labute approximate surface area is 107 Å². The van der Waals surface area contributed by atoms with E-state index < -0.39 is 5.97 Å². The molecule has 2 heterocycles. The van der Waals surface area contributed by atoms with Crippen molar-refractivity contribution in [1.29, 1.82) is 0 Å². The van der Waals surface area contributed by atoms with Crippen molar-refractivity contribution in [3.05, 3.63) is 23.9 Å². The molecular weight excluding hydrogens is 230 g/mol. The van der Waals surface area contributed by atoms with E-state index in [1.807, 2.05) is 6.07 Å². The molecule has 0 amide bonds. The Morgan fingerprint density at radius 2 is 2.44 bits per heavy atom. The first-order valence-electron chi connectivity index (χ1n) is 6.38. The average molecular weight is 249 g/mol. The number of piperidine rings is 1. The number of aromatic nitrogens is 1. The molecule has 0 aliphatic carbocycles. The first kappa shape index (κ1) is 12.8. The van der Waals surface area contributed by atoms with Crippen LogP contribution >= 0.6 is 0 Å². The van der Waals surface area contributed by atoms with Crippen LogP contribution in [0.1, 0.15) is 30.3 Å². The van der Waals surface area contributed by atoms with Crippen LogP contribution in [0, 0.1) is 0 Å². The average Bonchev–Trinajstić information content (AvgIpc) is 2.39. The van der Waals surface area contributed by atoms with Gasteiger partial charge in [-0.1, -0.05) is 13.0 Å². The fourth-order valence-electron chi connectivity index (χ4n) is 2.30. The van der Waals surface area contributed by atoms with Crippen LogP contribution in [0.3, 0.4) is 0 Å². The molecule has 1 aliphatic heterocycles. The third kappa shape index (κ3) is 3.20. The van der Waals surface area contributed by atoms with E-state index in [0.29, 0.717) is 11.9 Å². The highest BCUT2D eigenvalue weighted by atomic mass is 16.4. The molecule has 2 rings (SSSR count). The number of carboxylic acids is 1. The molecule has 1 aromatic rings. The molecule has 5 heteroatoms. The van der Waals surface area contributed by atoms with Crippen LogP contribution in [-0.4, -0.2) is 46.6 Å². The van der Waals surface area contributed by atoms with Gasteiger partial charge in [-0.05, 0) is 38.1 Å². The number of anilines is 1. The van der Waals surface area contributed by atoms with Crippen LogP contribution < -0.4 is 5.32 Å². The van der Waals surface area contributed by atoms with Crippen LogP contribution in [0.2, 0.25) is 0 Å². The van der Waals surface area contributed by atoms with Gasteiger partial charge in [-0.25, -0.2) is 9.78 Å². The minimum Gasteiger partial charge on any atom is -0.477 e. The second-order valence-electron chi connectivity index (χ2n) is 4.59. The monoisotopic (exact) mass is 249 g/mol. The number of nitrogens with one attached hydrogen (secondary N) is 1. The number of hydrogen-bond acceptors (Lipinski definition) is 4. The van der Waals surface area contributed by atoms with Gasteiger partial charge >= 0.3 is 5.97 Å². The van der Waals surface area contributed by atoms with Gasteiger partial charge in [0.2, 0.25) is 0 Å². The maximum absolute atomic E-state index is 10.8. The van der Waals surface area contributed by atoms with E-state index >= 15 is 0 Å². The van der Waals surface area contributed by atoms with Crippen molar-refractivity contribution in [2.45, 2.75) is 25.8 Å². The number of hydrogen-bond donors (Lipinski definition) is 2.